The second kappa shape index (κ2) is 3.88. The fraction of sp³-hybridized carbons (Fsp3) is 0.364. The Balaban J connectivity index is 2.90. The smallest absolute Gasteiger partial charge is 0.229 e. The molecule has 0 aliphatic rings. The minimum Gasteiger partial charge on any atom is -0.508 e. The van der Waals surface area contributed by atoms with Gasteiger partial charge in [-0.25, -0.2) is 4.39 Å². The maximum Gasteiger partial charge on any atom is 0.229 e. The van der Waals surface area contributed by atoms with E-state index in [1.807, 2.05) is 0 Å². The van der Waals surface area contributed by atoms with Crippen LogP contribution in [0.4, 0.5) is 10.1 Å². The van der Waals surface area contributed by atoms with Gasteiger partial charge in [-0.2, -0.15) is 0 Å². The van der Waals surface area contributed by atoms with Crippen LogP contribution < -0.4 is 5.32 Å². The molecule has 1 rings (SSSR count). The van der Waals surface area contributed by atoms with E-state index in [4.69, 9.17) is 5.11 Å². The Hall–Kier alpha value is -1.58. The van der Waals surface area contributed by atoms with Crippen molar-refractivity contribution < 1.29 is 14.3 Å². The lowest BCUT2D eigenvalue weighted by Gasteiger charge is -2.17. The highest BCUT2D eigenvalue weighted by Gasteiger charge is 2.22. The van der Waals surface area contributed by atoms with Gasteiger partial charge in [0.05, 0.1) is 5.69 Å². The molecular formula is C11H14FNO2. The predicted octanol–water partition coefficient (Wildman–Crippen LogP) is 2.52. The highest BCUT2D eigenvalue weighted by Crippen LogP contribution is 2.23. The molecule has 0 spiro atoms. The van der Waals surface area contributed by atoms with Gasteiger partial charge in [0.2, 0.25) is 5.91 Å². The number of hydrogen-bond acceptors (Lipinski definition) is 2. The van der Waals surface area contributed by atoms with Crippen LogP contribution in [0.5, 0.6) is 5.75 Å². The van der Waals surface area contributed by atoms with Crippen LogP contribution in [0.3, 0.4) is 0 Å². The lowest BCUT2D eigenvalue weighted by atomic mass is 9.95. The van der Waals surface area contributed by atoms with Crippen LogP contribution in [0.15, 0.2) is 18.2 Å². The van der Waals surface area contributed by atoms with Gasteiger partial charge in [0.15, 0.2) is 0 Å². The minimum atomic E-state index is -0.599. The molecule has 3 nitrogen and oxygen atoms in total. The quantitative estimate of drug-likeness (QED) is 0.749. The number of benzene rings is 1. The molecule has 0 radical (unpaired) electrons. The van der Waals surface area contributed by atoms with Crippen molar-refractivity contribution in [3.8, 4) is 5.75 Å². The Bertz CT molecular complexity index is 383. The van der Waals surface area contributed by atoms with Crippen molar-refractivity contribution >= 4 is 11.6 Å². The number of carbonyl (C=O) groups excluding carboxylic acids is 1. The summed E-state index contributed by atoms with van der Waals surface area (Å²) in [6.07, 6.45) is 0. The molecule has 1 aromatic carbocycles. The standard InChI is InChI=1S/C11H14FNO2/c1-11(2,3)10(15)13-9-6-7(14)4-5-8(9)12/h4-6,14H,1-3H3,(H,13,15). The number of phenols is 1. The second-order valence-electron chi connectivity index (χ2n) is 4.37. The number of aromatic hydroxyl groups is 1. The molecule has 0 saturated heterocycles. The van der Waals surface area contributed by atoms with Gasteiger partial charge in [-0.3, -0.25) is 4.79 Å². The molecule has 4 heteroatoms. The fourth-order valence-corrected chi connectivity index (χ4v) is 0.919. The van der Waals surface area contributed by atoms with Gasteiger partial charge in [0, 0.05) is 11.5 Å². The summed E-state index contributed by atoms with van der Waals surface area (Å²) in [5.74, 6) is -0.946. The number of carbonyl (C=O) groups is 1. The van der Waals surface area contributed by atoms with Crippen molar-refractivity contribution in [3.05, 3.63) is 24.0 Å². The van der Waals surface area contributed by atoms with E-state index in [9.17, 15) is 9.18 Å². The molecule has 0 bridgehead atoms. The van der Waals surface area contributed by atoms with Gasteiger partial charge >= 0.3 is 0 Å². The van der Waals surface area contributed by atoms with Crippen molar-refractivity contribution in [2.45, 2.75) is 20.8 Å². The molecule has 0 aliphatic carbocycles. The number of hydrogen-bond donors (Lipinski definition) is 2. The van der Waals surface area contributed by atoms with Gasteiger partial charge in [-0.1, -0.05) is 20.8 Å². The number of phenolic OH excluding ortho intramolecular Hbond substituents is 1. The maximum atomic E-state index is 13.2. The van der Waals surface area contributed by atoms with Gasteiger partial charge in [0.25, 0.3) is 0 Å². The van der Waals surface area contributed by atoms with Crippen molar-refractivity contribution in [1.82, 2.24) is 0 Å². The van der Waals surface area contributed by atoms with E-state index < -0.39 is 11.2 Å². The van der Waals surface area contributed by atoms with E-state index in [0.29, 0.717) is 0 Å². The van der Waals surface area contributed by atoms with Crippen LogP contribution in [0, 0.1) is 11.2 Å². The number of halogens is 1. The van der Waals surface area contributed by atoms with Crippen LogP contribution >= 0.6 is 0 Å². The average Bonchev–Trinajstić information content (AvgIpc) is 2.09. The molecule has 82 valence electrons. The first kappa shape index (κ1) is 11.5. The second-order valence-corrected chi connectivity index (χ2v) is 4.37. The van der Waals surface area contributed by atoms with E-state index in [-0.39, 0.29) is 17.3 Å². The summed E-state index contributed by atoms with van der Waals surface area (Å²) < 4.78 is 13.2. The van der Waals surface area contributed by atoms with Gasteiger partial charge in [-0.05, 0) is 12.1 Å². The third-order valence-electron chi connectivity index (χ3n) is 1.88. The summed E-state index contributed by atoms with van der Waals surface area (Å²) in [5, 5.41) is 11.6. The van der Waals surface area contributed by atoms with Crippen molar-refractivity contribution in [2.75, 3.05) is 5.32 Å². The fourth-order valence-electron chi connectivity index (χ4n) is 0.919. The monoisotopic (exact) mass is 211 g/mol. The molecule has 0 fully saturated rings. The van der Waals surface area contributed by atoms with Crippen LogP contribution in [-0.4, -0.2) is 11.0 Å². The first-order chi connectivity index (χ1) is 6.80. The van der Waals surface area contributed by atoms with Gasteiger partial charge < -0.3 is 10.4 Å². The van der Waals surface area contributed by atoms with E-state index in [1.165, 1.54) is 12.1 Å². The summed E-state index contributed by atoms with van der Waals surface area (Å²) in [4.78, 5) is 11.5. The summed E-state index contributed by atoms with van der Waals surface area (Å²) in [7, 11) is 0. The van der Waals surface area contributed by atoms with Crippen LogP contribution in [0.2, 0.25) is 0 Å². The van der Waals surface area contributed by atoms with E-state index >= 15 is 0 Å². The topological polar surface area (TPSA) is 49.3 Å². The summed E-state index contributed by atoms with van der Waals surface area (Å²) in [5.41, 5.74) is -0.604. The molecule has 0 saturated carbocycles. The SMILES string of the molecule is CC(C)(C)C(=O)Nc1cc(O)ccc1F. The summed E-state index contributed by atoms with van der Waals surface area (Å²) >= 11 is 0. The molecule has 0 aromatic heterocycles. The Morgan fingerprint density at radius 3 is 2.53 bits per heavy atom. The lowest BCUT2D eigenvalue weighted by Crippen LogP contribution is -2.27. The normalized spacial score (nSPS) is 11.2. The minimum absolute atomic E-state index is 0.00470. The van der Waals surface area contributed by atoms with E-state index in [2.05, 4.69) is 5.32 Å². The molecular weight excluding hydrogens is 197 g/mol. The maximum absolute atomic E-state index is 13.2. The number of nitrogens with one attached hydrogen (secondary N) is 1. The third-order valence-corrected chi connectivity index (χ3v) is 1.88. The van der Waals surface area contributed by atoms with E-state index in [1.54, 1.807) is 20.8 Å². The zero-order valence-corrected chi connectivity index (χ0v) is 8.97. The number of rotatable bonds is 1. The largest absolute Gasteiger partial charge is 0.508 e. The summed E-state index contributed by atoms with van der Waals surface area (Å²) in [6, 6.07) is 3.51. The Morgan fingerprint density at radius 1 is 1.40 bits per heavy atom. The van der Waals surface area contributed by atoms with Gasteiger partial charge in [0.1, 0.15) is 11.6 Å². The molecule has 1 amide bonds. The highest BCUT2D eigenvalue weighted by molar-refractivity contribution is 5.94. The molecule has 1 aromatic rings. The lowest BCUT2D eigenvalue weighted by molar-refractivity contribution is -0.123. The zero-order valence-electron chi connectivity index (χ0n) is 8.97. The van der Waals surface area contributed by atoms with Crippen molar-refractivity contribution in [2.24, 2.45) is 5.41 Å². The number of amides is 1. The van der Waals surface area contributed by atoms with E-state index in [0.717, 1.165) is 6.07 Å². The molecule has 0 aliphatic heterocycles. The van der Waals surface area contributed by atoms with Gasteiger partial charge in [-0.15, -0.1) is 0 Å². The summed E-state index contributed by atoms with van der Waals surface area (Å²) in [6.45, 7) is 5.18. The van der Waals surface area contributed by atoms with Crippen LogP contribution in [0.25, 0.3) is 0 Å². The van der Waals surface area contributed by atoms with Crippen molar-refractivity contribution in [3.63, 3.8) is 0 Å². The first-order valence-corrected chi connectivity index (χ1v) is 4.60. The molecule has 15 heavy (non-hydrogen) atoms. The first-order valence-electron chi connectivity index (χ1n) is 4.60. The molecule has 0 heterocycles. The Morgan fingerprint density at radius 2 is 2.00 bits per heavy atom. The Kier molecular flexibility index (Phi) is 2.98. The van der Waals surface area contributed by atoms with Crippen LogP contribution in [0.1, 0.15) is 20.8 Å². The predicted molar refractivity (Wildman–Crippen MR) is 56.1 cm³/mol. The van der Waals surface area contributed by atoms with Crippen molar-refractivity contribution in [1.29, 1.82) is 0 Å². The number of anilines is 1. The zero-order chi connectivity index (χ0) is 11.6. The third kappa shape index (κ3) is 2.94. The Labute approximate surface area is 87.9 Å². The average molecular weight is 211 g/mol. The molecule has 0 unspecified atom stereocenters. The van der Waals surface area contributed by atoms with Crippen LogP contribution in [-0.2, 0) is 4.79 Å². The molecule has 0 atom stereocenters. The highest BCUT2D eigenvalue weighted by atomic mass is 19.1. The molecule has 2 N–H and O–H groups in total.